The zero-order valence-electron chi connectivity index (χ0n) is 17.1. The van der Waals surface area contributed by atoms with Gasteiger partial charge in [0.1, 0.15) is 11.6 Å². The monoisotopic (exact) mass is 508 g/mol. The van der Waals surface area contributed by atoms with E-state index in [0.29, 0.717) is 37.1 Å². The number of imidazole rings is 1. The summed E-state index contributed by atoms with van der Waals surface area (Å²) in [5.74, 6) is -4.98. The molecule has 1 unspecified atom stereocenters. The molecule has 5 rings (SSSR count). The number of carbonyl (C=O) groups excluding carboxylic acids is 1. The summed E-state index contributed by atoms with van der Waals surface area (Å²) in [6.07, 6.45) is 1.09. The van der Waals surface area contributed by atoms with Crippen LogP contribution >= 0.6 is 15.9 Å². The molecule has 0 amide bonds. The van der Waals surface area contributed by atoms with Crippen LogP contribution in [0.3, 0.4) is 0 Å². The van der Waals surface area contributed by atoms with E-state index in [1.165, 1.54) is 6.07 Å². The normalized spacial score (nSPS) is 23.8. The first kappa shape index (κ1) is 21.6. The highest BCUT2D eigenvalue weighted by atomic mass is 79.9. The molecule has 2 atom stereocenters. The van der Waals surface area contributed by atoms with Gasteiger partial charge in [-0.3, -0.25) is 4.79 Å². The summed E-state index contributed by atoms with van der Waals surface area (Å²) in [7, 11) is 0. The van der Waals surface area contributed by atoms with Gasteiger partial charge in [0, 0.05) is 35.7 Å². The van der Waals surface area contributed by atoms with Crippen LogP contribution in [0.2, 0.25) is 0 Å². The number of nitrogens with zero attached hydrogens (tertiary/aromatic N) is 2. The largest absolute Gasteiger partial charge is 0.325 e. The highest BCUT2D eigenvalue weighted by Gasteiger charge is 2.42. The lowest BCUT2D eigenvalue weighted by Crippen LogP contribution is -2.28. The maximum Gasteiger partial charge on any atom is 0.248 e. The van der Waals surface area contributed by atoms with Crippen molar-refractivity contribution in [1.82, 2.24) is 9.55 Å². The van der Waals surface area contributed by atoms with Crippen molar-refractivity contribution in [3.63, 3.8) is 0 Å². The molecular formula is C24H21BrF4N2O. The van der Waals surface area contributed by atoms with Crippen LogP contribution < -0.4 is 0 Å². The average Bonchev–Trinajstić information content (AvgIpc) is 3.30. The fourth-order valence-electron chi connectivity index (χ4n) is 5.27. The fraction of sp³-hybridized carbons (Fsp3) is 0.417. The zero-order valence-corrected chi connectivity index (χ0v) is 18.7. The highest BCUT2D eigenvalue weighted by molar-refractivity contribution is 9.10. The van der Waals surface area contributed by atoms with Crippen LogP contribution in [0.5, 0.6) is 0 Å². The van der Waals surface area contributed by atoms with Gasteiger partial charge in [0.15, 0.2) is 11.6 Å². The number of rotatable bonds is 3. The Morgan fingerprint density at radius 1 is 1.00 bits per heavy atom. The highest BCUT2D eigenvalue weighted by Crippen LogP contribution is 2.47. The first-order valence-corrected chi connectivity index (χ1v) is 11.6. The molecule has 0 bridgehead atoms. The Morgan fingerprint density at radius 2 is 1.75 bits per heavy atom. The lowest BCUT2D eigenvalue weighted by atomic mass is 9.86. The predicted octanol–water partition coefficient (Wildman–Crippen LogP) is 7.06. The van der Waals surface area contributed by atoms with Crippen molar-refractivity contribution >= 4 is 32.7 Å². The van der Waals surface area contributed by atoms with E-state index >= 15 is 0 Å². The topological polar surface area (TPSA) is 34.9 Å². The molecule has 2 aliphatic rings. The summed E-state index contributed by atoms with van der Waals surface area (Å²) in [6, 6.07) is 9.08. The van der Waals surface area contributed by atoms with E-state index in [2.05, 4.69) is 15.9 Å². The molecule has 0 radical (unpaired) electrons. The number of ketones is 1. The van der Waals surface area contributed by atoms with E-state index < -0.39 is 23.5 Å². The minimum Gasteiger partial charge on any atom is -0.325 e. The molecule has 0 aliphatic heterocycles. The lowest BCUT2D eigenvalue weighted by molar-refractivity contribution is -0.118. The number of hydrogen-bond donors (Lipinski definition) is 0. The van der Waals surface area contributed by atoms with Gasteiger partial charge in [-0.05, 0) is 55.2 Å². The van der Waals surface area contributed by atoms with Gasteiger partial charge in [0.2, 0.25) is 5.92 Å². The average molecular weight is 509 g/mol. The maximum absolute atomic E-state index is 14.0. The number of alkyl halides is 2. The van der Waals surface area contributed by atoms with Gasteiger partial charge in [-0.15, -0.1) is 0 Å². The van der Waals surface area contributed by atoms with Crippen LogP contribution in [0.1, 0.15) is 67.8 Å². The van der Waals surface area contributed by atoms with Crippen molar-refractivity contribution in [2.45, 2.75) is 62.3 Å². The Kier molecular flexibility index (Phi) is 5.39. The third-order valence-electron chi connectivity index (χ3n) is 6.82. The van der Waals surface area contributed by atoms with Crippen molar-refractivity contribution < 1.29 is 22.4 Å². The maximum atomic E-state index is 14.0. The van der Waals surface area contributed by atoms with Crippen molar-refractivity contribution in [2.75, 3.05) is 0 Å². The molecule has 2 saturated carbocycles. The van der Waals surface area contributed by atoms with Crippen LogP contribution in [0.15, 0.2) is 40.9 Å². The van der Waals surface area contributed by atoms with E-state index in [1.807, 2.05) is 22.8 Å². The van der Waals surface area contributed by atoms with Gasteiger partial charge < -0.3 is 4.57 Å². The van der Waals surface area contributed by atoms with Crippen molar-refractivity contribution in [1.29, 1.82) is 0 Å². The van der Waals surface area contributed by atoms with Gasteiger partial charge in [-0.25, -0.2) is 22.5 Å². The second-order valence-electron chi connectivity index (χ2n) is 8.82. The molecule has 1 aromatic heterocycles. The summed E-state index contributed by atoms with van der Waals surface area (Å²) in [5.41, 5.74) is 1.98. The van der Waals surface area contributed by atoms with Crippen molar-refractivity contribution in [2.24, 2.45) is 0 Å². The SMILES string of the molecule is O=C1CC[C@@H](c2nc3cc(Br)ccc3n2C2CCC(F)(F)CC2)C1c1ccc(F)c(F)c1. The molecule has 0 N–H and O–H groups in total. The molecule has 3 aromatic rings. The van der Waals surface area contributed by atoms with Crippen LogP contribution in [0.4, 0.5) is 17.6 Å². The minimum atomic E-state index is -2.66. The third-order valence-corrected chi connectivity index (χ3v) is 7.31. The van der Waals surface area contributed by atoms with Gasteiger partial charge in [-0.1, -0.05) is 22.0 Å². The smallest absolute Gasteiger partial charge is 0.248 e. The summed E-state index contributed by atoms with van der Waals surface area (Å²) < 4.78 is 58.0. The van der Waals surface area contributed by atoms with Gasteiger partial charge in [0.05, 0.1) is 17.0 Å². The van der Waals surface area contributed by atoms with E-state index in [1.54, 1.807) is 0 Å². The Balaban J connectivity index is 1.62. The van der Waals surface area contributed by atoms with E-state index in [9.17, 15) is 22.4 Å². The van der Waals surface area contributed by atoms with E-state index in [4.69, 9.17) is 4.98 Å². The lowest BCUT2D eigenvalue weighted by Gasteiger charge is -2.32. The van der Waals surface area contributed by atoms with Crippen LogP contribution in [-0.2, 0) is 4.79 Å². The molecule has 168 valence electrons. The minimum absolute atomic E-state index is 0.0454. The van der Waals surface area contributed by atoms with Crippen molar-refractivity contribution in [3.8, 4) is 0 Å². The van der Waals surface area contributed by atoms with E-state index in [0.717, 1.165) is 27.6 Å². The number of fused-ring (bicyclic) bond motifs is 1. The first-order chi connectivity index (χ1) is 15.2. The van der Waals surface area contributed by atoms with Crippen LogP contribution in [-0.4, -0.2) is 21.3 Å². The third kappa shape index (κ3) is 3.76. The molecular weight excluding hydrogens is 488 g/mol. The number of Topliss-reactive ketones (excluding diaryl/α,β-unsaturated/α-hetero) is 1. The quantitative estimate of drug-likeness (QED) is 0.355. The number of hydrogen-bond acceptors (Lipinski definition) is 2. The summed E-state index contributed by atoms with van der Waals surface area (Å²) in [5, 5.41) is 0. The Bertz CT molecular complexity index is 1200. The van der Waals surface area contributed by atoms with Crippen molar-refractivity contribution in [3.05, 3.63) is 63.9 Å². The predicted molar refractivity (Wildman–Crippen MR) is 116 cm³/mol. The first-order valence-electron chi connectivity index (χ1n) is 10.8. The number of halogens is 5. The molecule has 3 nitrogen and oxygen atoms in total. The molecule has 2 fully saturated rings. The van der Waals surface area contributed by atoms with Gasteiger partial charge in [-0.2, -0.15) is 0 Å². The van der Waals surface area contributed by atoms with Crippen LogP contribution in [0.25, 0.3) is 11.0 Å². The van der Waals surface area contributed by atoms with Gasteiger partial charge in [0.25, 0.3) is 0 Å². The summed E-state index contributed by atoms with van der Waals surface area (Å²) in [6.45, 7) is 0. The second kappa shape index (κ2) is 7.97. The van der Waals surface area contributed by atoms with E-state index in [-0.39, 0.29) is 30.6 Å². The fourth-order valence-corrected chi connectivity index (χ4v) is 5.61. The summed E-state index contributed by atoms with van der Waals surface area (Å²) >= 11 is 3.45. The molecule has 32 heavy (non-hydrogen) atoms. The molecule has 8 heteroatoms. The molecule has 2 aromatic carbocycles. The Morgan fingerprint density at radius 3 is 2.47 bits per heavy atom. The van der Waals surface area contributed by atoms with Crippen LogP contribution in [0, 0.1) is 11.6 Å². The Hall–Kier alpha value is -2.22. The molecule has 0 spiro atoms. The molecule has 2 aliphatic carbocycles. The Labute approximate surface area is 191 Å². The molecule has 0 saturated heterocycles. The summed E-state index contributed by atoms with van der Waals surface area (Å²) in [4.78, 5) is 17.7. The standard InChI is InChI=1S/C24H21BrF4N2O/c25-14-2-5-20-19(12-14)30-23(31(20)15-7-9-24(28,29)10-8-15)16-3-6-21(32)22(16)13-1-4-17(26)18(27)11-13/h1-2,4-5,11-12,15-16,22H,3,6-10H2/t16-,22?/m1/s1. The second-order valence-corrected chi connectivity index (χ2v) is 9.74. The molecule has 1 heterocycles. The number of benzene rings is 2. The number of aromatic nitrogens is 2. The van der Waals surface area contributed by atoms with Gasteiger partial charge >= 0.3 is 0 Å². The zero-order chi connectivity index (χ0) is 22.6. The number of carbonyl (C=O) groups is 1.